The molecule has 0 radical (unpaired) electrons. The van der Waals surface area contributed by atoms with Gasteiger partial charge in [-0.1, -0.05) is 0 Å². The lowest BCUT2D eigenvalue weighted by Gasteiger charge is -2.29. The molecule has 4 heterocycles. The maximum atomic E-state index is 11.3. The highest BCUT2D eigenvalue weighted by atomic mass is 16.7. The monoisotopic (exact) mass is 397 g/mol. The van der Waals surface area contributed by atoms with Crippen molar-refractivity contribution < 1.29 is 14.4 Å². The van der Waals surface area contributed by atoms with Crippen LogP contribution in [0.25, 0.3) is 11.4 Å². The van der Waals surface area contributed by atoms with Gasteiger partial charge in [-0.3, -0.25) is 19.7 Å². The van der Waals surface area contributed by atoms with E-state index in [2.05, 4.69) is 24.8 Å². The molecule has 2 aromatic heterocycles. The molecule has 5 rings (SSSR count). The highest BCUT2D eigenvalue weighted by Gasteiger charge is 2.26. The summed E-state index contributed by atoms with van der Waals surface area (Å²) in [5.41, 5.74) is 2.48. The number of ether oxygens (including phenoxy) is 2. The van der Waals surface area contributed by atoms with Crippen LogP contribution in [-0.4, -0.2) is 47.7 Å². The van der Waals surface area contributed by atoms with Gasteiger partial charge in [0, 0.05) is 56.1 Å². The number of rotatable bonds is 4. The third-order valence-corrected chi connectivity index (χ3v) is 5.17. The van der Waals surface area contributed by atoms with E-state index in [0.717, 1.165) is 35.9 Å². The number of nitro benzene ring substituents is 1. The van der Waals surface area contributed by atoms with Gasteiger partial charge in [-0.15, -0.1) is 10.2 Å². The van der Waals surface area contributed by atoms with E-state index >= 15 is 0 Å². The summed E-state index contributed by atoms with van der Waals surface area (Å²) in [6.45, 7) is 3.09. The van der Waals surface area contributed by atoms with Gasteiger partial charge < -0.3 is 14.0 Å². The second-order valence-corrected chi connectivity index (χ2v) is 7.17. The van der Waals surface area contributed by atoms with Crippen LogP contribution in [0.5, 0.6) is 5.75 Å². The van der Waals surface area contributed by atoms with Gasteiger partial charge in [-0.2, -0.15) is 5.10 Å². The Hall–Kier alpha value is -3.31. The number of nitrogens with zero attached hydrogens (tertiary/aromatic N) is 7. The summed E-state index contributed by atoms with van der Waals surface area (Å²) in [5, 5.41) is 24.2. The Kier molecular flexibility index (Phi) is 4.25. The number of benzene rings is 1. The molecule has 0 unspecified atom stereocenters. The SMILES string of the molecule is Cn1cc(-c2nnc3n2CCN(Cc2cc([N+](=O)[O-])cc4c2OCOC4)C3)cn1. The van der Waals surface area contributed by atoms with Gasteiger partial charge in [0.05, 0.1) is 29.8 Å². The van der Waals surface area contributed by atoms with Gasteiger partial charge in [-0.05, 0) is 0 Å². The number of aryl methyl sites for hydroxylation is 1. The first-order chi connectivity index (χ1) is 14.1. The minimum absolute atomic E-state index is 0.0480. The quantitative estimate of drug-likeness (QED) is 0.480. The summed E-state index contributed by atoms with van der Waals surface area (Å²) in [7, 11) is 1.87. The fourth-order valence-corrected chi connectivity index (χ4v) is 3.84. The predicted molar refractivity (Wildman–Crippen MR) is 99.7 cm³/mol. The maximum absolute atomic E-state index is 11.3. The molecule has 29 heavy (non-hydrogen) atoms. The molecule has 2 aliphatic rings. The zero-order valence-electron chi connectivity index (χ0n) is 15.8. The molecule has 0 saturated heterocycles. The second kappa shape index (κ2) is 6.94. The van der Waals surface area contributed by atoms with Crippen molar-refractivity contribution in [1.82, 2.24) is 29.4 Å². The Balaban J connectivity index is 1.40. The van der Waals surface area contributed by atoms with Crippen molar-refractivity contribution in [2.45, 2.75) is 26.2 Å². The van der Waals surface area contributed by atoms with E-state index in [9.17, 15) is 10.1 Å². The molecule has 0 fully saturated rings. The first-order valence-electron chi connectivity index (χ1n) is 9.22. The maximum Gasteiger partial charge on any atom is 0.270 e. The average Bonchev–Trinajstić information content (AvgIpc) is 3.33. The molecule has 11 heteroatoms. The number of aromatic nitrogens is 5. The molecule has 3 aromatic rings. The van der Waals surface area contributed by atoms with Gasteiger partial charge in [0.2, 0.25) is 0 Å². The van der Waals surface area contributed by atoms with Crippen molar-refractivity contribution in [1.29, 1.82) is 0 Å². The van der Waals surface area contributed by atoms with Crippen LogP contribution < -0.4 is 4.74 Å². The molecule has 2 aliphatic heterocycles. The Morgan fingerprint density at radius 1 is 1.28 bits per heavy atom. The van der Waals surface area contributed by atoms with E-state index < -0.39 is 0 Å². The molecule has 150 valence electrons. The number of hydrogen-bond donors (Lipinski definition) is 0. The molecule has 0 amide bonds. The van der Waals surface area contributed by atoms with Crippen molar-refractivity contribution >= 4 is 5.69 Å². The fraction of sp³-hybridized carbons (Fsp3) is 0.389. The van der Waals surface area contributed by atoms with Crippen molar-refractivity contribution in [3.63, 3.8) is 0 Å². The molecule has 0 N–H and O–H groups in total. The molecule has 11 nitrogen and oxygen atoms in total. The van der Waals surface area contributed by atoms with Gasteiger partial charge >= 0.3 is 0 Å². The van der Waals surface area contributed by atoms with E-state index in [-0.39, 0.29) is 17.4 Å². The van der Waals surface area contributed by atoms with Crippen molar-refractivity contribution in [3.8, 4) is 17.1 Å². The van der Waals surface area contributed by atoms with Crippen molar-refractivity contribution in [2.24, 2.45) is 7.05 Å². The minimum Gasteiger partial charge on any atom is -0.467 e. The fourth-order valence-electron chi connectivity index (χ4n) is 3.84. The van der Waals surface area contributed by atoms with E-state index in [0.29, 0.717) is 31.0 Å². The second-order valence-electron chi connectivity index (χ2n) is 7.17. The summed E-state index contributed by atoms with van der Waals surface area (Å²) in [5.74, 6) is 2.35. The Morgan fingerprint density at radius 2 is 2.17 bits per heavy atom. The molecular formula is C18H19N7O4. The normalized spacial score (nSPS) is 16.2. The van der Waals surface area contributed by atoms with E-state index in [1.165, 1.54) is 6.07 Å². The van der Waals surface area contributed by atoms with Crippen LogP contribution >= 0.6 is 0 Å². The Bertz CT molecular complexity index is 1090. The summed E-state index contributed by atoms with van der Waals surface area (Å²) in [4.78, 5) is 13.1. The minimum atomic E-state index is -0.384. The molecule has 0 atom stereocenters. The predicted octanol–water partition coefficient (Wildman–Crippen LogP) is 1.47. The van der Waals surface area contributed by atoms with Crippen LogP contribution in [0.1, 0.15) is 17.0 Å². The number of nitro groups is 1. The Morgan fingerprint density at radius 3 is 2.97 bits per heavy atom. The standard InChI is InChI=1S/C18H19N7O4/c1-22-7-14(6-19-22)18-21-20-16-9-23(2-3-24(16)18)8-12-4-15(25(26)27)5-13-10-28-11-29-17(12)13/h4-7H,2-3,8-11H2,1H3. The summed E-state index contributed by atoms with van der Waals surface area (Å²) >= 11 is 0. The first kappa shape index (κ1) is 17.8. The highest BCUT2D eigenvalue weighted by Crippen LogP contribution is 2.34. The number of hydrogen-bond acceptors (Lipinski definition) is 8. The average molecular weight is 397 g/mol. The summed E-state index contributed by atoms with van der Waals surface area (Å²) < 4.78 is 14.8. The van der Waals surface area contributed by atoms with Crippen LogP contribution in [0, 0.1) is 10.1 Å². The van der Waals surface area contributed by atoms with Crippen molar-refractivity contribution in [2.75, 3.05) is 13.3 Å². The van der Waals surface area contributed by atoms with Crippen molar-refractivity contribution in [3.05, 3.63) is 51.6 Å². The Labute approximate surface area is 165 Å². The van der Waals surface area contributed by atoms with Gasteiger partial charge in [0.1, 0.15) is 11.6 Å². The molecule has 0 spiro atoms. The summed E-state index contributed by atoms with van der Waals surface area (Å²) in [6, 6.07) is 3.11. The van der Waals surface area contributed by atoms with E-state index in [1.54, 1.807) is 16.9 Å². The molecule has 0 aliphatic carbocycles. The lowest BCUT2D eigenvalue weighted by molar-refractivity contribution is -0.385. The van der Waals surface area contributed by atoms with E-state index in [4.69, 9.17) is 9.47 Å². The van der Waals surface area contributed by atoms with Crippen LogP contribution in [0.15, 0.2) is 24.5 Å². The molecular weight excluding hydrogens is 378 g/mol. The molecule has 0 saturated carbocycles. The van der Waals surface area contributed by atoms with Gasteiger partial charge in [0.15, 0.2) is 12.6 Å². The van der Waals surface area contributed by atoms with E-state index in [1.807, 2.05) is 13.2 Å². The van der Waals surface area contributed by atoms with Crippen LogP contribution in [0.4, 0.5) is 5.69 Å². The molecule has 0 bridgehead atoms. The number of non-ortho nitro benzene ring substituents is 1. The van der Waals surface area contributed by atoms with Crippen LogP contribution in [-0.2, 0) is 38.0 Å². The van der Waals surface area contributed by atoms with Crippen LogP contribution in [0.3, 0.4) is 0 Å². The first-order valence-corrected chi connectivity index (χ1v) is 9.22. The van der Waals surface area contributed by atoms with Crippen LogP contribution in [0.2, 0.25) is 0 Å². The zero-order valence-corrected chi connectivity index (χ0v) is 15.8. The third-order valence-electron chi connectivity index (χ3n) is 5.17. The van der Waals surface area contributed by atoms with Gasteiger partial charge in [0.25, 0.3) is 5.69 Å². The number of fused-ring (bicyclic) bond motifs is 2. The van der Waals surface area contributed by atoms with Gasteiger partial charge in [-0.25, -0.2) is 0 Å². The lowest BCUT2D eigenvalue weighted by Crippen LogP contribution is -2.34. The third kappa shape index (κ3) is 3.23. The zero-order chi connectivity index (χ0) is 20.0. The molecule has 1 aromatic carbocycles. The summed E-state index contributed by atoms with van der Waals surface area (Å²) in [6.07, 6.45) is 3.69. The largest absolute Gasteiger partial charge is 0.467 e. The topological polar surface area (TPSA) is 113 Å². The smallest absolute Gasteiger partial charge is 0.270 e. The highest BCUT2D eigenvalue weighted by molar-refractivity contribution is 5.53. The lowest BCUT2D eigenvalue weighted by atomic mass is 10.1.